The minimum atomic E-state index is 0. The van der Waals surface area contributed by atoms with Crippen molar-refractivity contribution in [2.75, 3.05) is 19.7 Å². The fourth-order valence-corrected chi connectivity index (χ4v) is 1.60. The van der Waals surface area contributed by atoms with Gasteiger partial charge in [0.05, 0.1) is 6.61 Å². The van der Waals surface area contributed by atoms with Crippen LogP contribution in [-0.4, -0.2) is 25.6 Å². The summed E-state index contributed by atoms with van der Waals surface area (Å²) in [7, 11) is 0. The van der Waals surface area contributed by atoms with E-state index < -0.39 is 0 Å². The number of nitrogens with two attached hydrogens (primary N) is 1. The number of hydrogen-bond acceptors (Lipinski definition) is 3. The Morgan fingerprint density at radius 1 is 1.32 bits per heavy atom. The van der Waals surface area contributed by atoms with Crippen molar-refractivity contribution in [3.63, 3.8) is 0 Å². The molecule has 0 fully saturated rings. The lowest BCUT2D eigenvalue weighted by atomic mass is 10.1. The van der Waals surface area contributed by atoms with E-state index in [1.165, 1.54) is 0 Å². The molecule has 4 nitrogen and oxygen atoms in total. The van der Waals surface area contributed by atoms with Gasteiger partial charge in [-0.05, 0) is 44.0 Å². The van der Waals surface area contributed by atoms with Crippen molar-refractivity contribution in [3.05, 3.63) is 29.8 Å². The number of halogens is 1. The quantitative estimate of drug-likeness (QED) is 0.718. The summed E-state index contributed by atoms with van der Waals surface area (Å²) in [6, 6.07) is 7.87. The van der Waals surface area contributed by atoms with E-state index in [2.05, 4.69) is 5.32 Å². The predicted octanol–water partition coefficient (Wildman–Crippen LogP) is 1.90. The van der Waals surface area contributed by atoms with Gasteiger partial charge in [0.1, 0.15) is 5.75 Å². The van der Waals surface area contributed by atoms with Gasteiger partial charge in [-0.2, -0.15) is 0 Å². The van der Waals surface area contributed by atoms with E-state index in [0.29, 0.717) is 26.1 Å². The number of rotatable bonds is 8. The zero-order valence-corrected chi connectivity index (χ0v) is 12.2. The number of benzene rings is 1. The van der Waals surface area contributed by atoms with Gasteiger partial charge >= 0.3 is 0 Å². The van der Waals surface area contributed by atoms with E-state index in [4.69, 9.17) is 10.5 Å². The number of amides is 1. The van der Waals surface area contributed by atoms with Gasteiger partial charge in [-0.1, -0.05) is 12.1 Å². The summed E-state index contributed by atoms with van der Waals surface area (Å²) in [6.45, 7) is 3.90. The minimum absolute atomic E-state index is 0. The van der Waals surface area contributed by atoms with Gasteiger partial charge in [0.2, 0.25) is 5.91 Å². The Hall–Kier alpha value is -1.26. The molecule has 0 aliphatic heterocycles. The van der Waals surface area contributed by atoms with Crippen LogP contribution in [0.5, 0.6) is 5.75 Å². The Morgan fingerprint density at radius 3 is 2.58 bits per heavy atom. The fourth-order valence-electron chi connectivity index (χ4n) is 1.60. The highest BCUT2D eigenvalue weighted by molar-refractivity contribution is 5.85. The first-order valence-electron chi connectivity index (χ1n) is 6.44. The molecule has 0 aromatic heterocycles. The van der Waals surface area contributed by atoms with Crippen LogP contribution in [0.4, 0.5) is 0 Å². The molecule has 0 saturated heterocycles. The standard InChI is InChI=1S/C14H22N2O2.ClH/c1-2-18-13-7-4-12(5-8-13)6-9-14(17)16-11-3-10-15;/h4-5,7-8H,2-3,6,9-11,15H2,1H3,(H,16,17);1H. The van der Waals surface area contributed by atoms with Crippen molar-refractivity contribution < 1.29 is 9.53 Å². The molecule has 1 aromatic carbocycles. The third kappa shape index (κ3) is 7.70. The molecule has 0 bridgehead atoms. The zero-order chi connectivity index (χ0) is 13.2. The van der Waals surface area contributed by atoms with Gasteiger partial charge in [-0.15, -0.1) is 12.4 Å². The lowest BCUT2D eigenvalue weighted by molar-refractivity contribution is -0.121. The van der Waals surface area contributed by atoms with Crippen molar-refractivity contribution >= 4 is 18.3 Å². The summed E-state index contributed by atoms with van der Waals surface area (Å²) in [5, 5.41) is 2.84. The van der Waals surface area contributed by atoms with Crippen LogP contribution in [0.15, 0.2) is 24.3 Å². The molecular formula is C14H23ClN2O2. The van der Waals surface area contributed by atoms with Crippen LogP contribution < -0.4 is 15.8 Å². The maximum Gasteiger partial charge on any atom is 0.220 e. The summed E-state index contributed by atoms with van der Waals surface area (Å²) in [6.07, 6.45) is 2.09. The number of carbonyl (C=O) groups is 1. The molecule has 3 N–H and O–H groups in total. The van der Waals surface area contributed by atoms with Gasteiger partial charge in [0, 0.05) is 13.0 Å². The Balaban J connectivity index is 0.00000324. The second-order valence-electron chi connectivity index (χ2n) is 4.07. The first-order chi connectivity index (χ1) is 8.76. The first kappa shape index (κ1) is 17.7. The molecule has 1 aromatic rings. The molecule has 5 heteroatoms. The molecule has 0 aliphatic rings. The van der Waals surface area contributed by atoms with Gasteiger partial charge in [-0.25, -0.2) is 0 Å². The topological polar surface area (TPSA) is 64.3 Å². The average Bonchev–Trinajstić information content (AvgIpc) is 2.39. The molecule has 0 saturated carbocycles. The lowest BCUT2D eigenvalue weighted by Gasteiger charge is -2.06. The van der Waals surface area contributed by atoms with Crippen LogP contribution >= 0.6 is 12.4 Å². The van der Waals surface area contributed by atoms with Crippen molar-refractivity contribution in [1.29, 1.82) is 0 Å². The fraction of sp³-hybridized carbons (Fsp3) is 0.500. The molecule has 0 heterocycles. The summed E-state index contributed by atoms with van der Waals surface area (Å²) >= 11 is 0. The number of aryl methyl sites for hydroxylation is 1. The van der Waals surface area contributed by atoms with Gasteiger partial charge in [-0.3, -0.25) is 4.79 Å². The van der Waals surface area contributed by atoms with E-state index in [-0.39, 0.29) is 18.3 Å². The molecule has 1 rings (SSSR count). The molecule has 108 valence electrons. The Bertz CT molecular complexity index is 355. The van der Waals surface area contributed by atoms with Crippen LogP contribution in [0.3, 0.4) is 0 Å². The Labute approximate surface area is 121 Å². The first-order valence-corrected chi connectivity index (χ1v) is 6.44. The second-order valence-corrected chi connectivity index (χ2v) is 4.07. The van der Waals surface area contributed by atoms with E-state index in [1.807, 2.05) is 31.2 Å². The molecule has 0 radical (unpaired) electrons. The minimum Gasteiger partial charge on any atom is -0.494 e. The monoisotopic (exact) mass is 286 g/mol. The lowest BCUT2D eigenvalue weighted by Crippen LogP contribution is -2.26. The third-order valence-corrected chi connectivity index (χ3v) is 2.58. The normalized spacial score (nSPS) is 9.58. The molecular weight excluding hydrogens is 264 g/mol. The Kier molecular flexibility index (Phi) is 9.94. The van der Waals surface area contributed by atoms with Crippen molar-refractivity contribution in [2.45, 2.75) is 26.2 Å². The predicted molar refractivity (Wildman–Crippen MR) is 79.9 cm³/mol. The highest BCUT2D eigenvalue weighted by Crippen LogP contribution is 2.13. The van der Waals surface area contributed by atoms with Crippen LogP contribution in [0.2, 0.25) is 0 Å². The van der Waals surface area contributed by atoms with E-state index in [0.717, 1.165) is 24.2 Å². The maximum atomic E-state index is 11.5. The summed E-state index contributed by atoms with van der Waals surface area (Å²) in [5.41, 5.74) is 6.50. The number of carbonyl (C=O) groups excluding carboxylic acids is 1. The largest absolute Gasteiger partial charge is 0.494 e. The molecule has 0 aliphatic carbocycles. The molecule has 19 heavy (non-hydrogen) atoms. The highest BCUT2D eigenvalue weighted by atomic mass is 35.5. The molecule has 0 unspecified atom stereocenters. The van der Waals surface area contributed by atoms with Gasteiger partial charge < -0.3 is 15.8 Å². The maximum absolute atomic E-state index is 11.5. The molecule has 1 amide bonds. The van der Waals surface area contributed by atoms with Gasteiger partial charge in [0.15, 0.2) is 0 Å². The number of hydrogen-bond donors (Lipinski definition) is 2. The summed E-state index contributed by atoms with van der Waals surface area (Å²) in [5.74, 6) is 0.950. The van der Waals surface area contributed by atoms with E-state index >= 15 is 0 Å². The highest BCUT2D eigenvalue weighted by Gasteiger charge is 2.01. The van der Waals surface area contributed by atoms with Crippen LogP contribution in [0.25, 0.3) is 0 Å². The van der Waals surface area contributed by atoms with E-state index in [9.17, 15) is 4.79 Å². The van der Waals surface area contributed by atoms with Crippen LogP contribution in [0.1, 0.15) is 25.3 Å². The summed E-state index contributed by atoms with van der Waals surface area (Å²) in [4.78, 5) is 11.5. The van der Waals surface area contributed by atoms with Crippen LogP contribution in [0, 0.1) is 0 Å². The zero-order valence-electron chi connectivity index (χ0n) is 11.4. The smallest absolute Gasteiger partial charge is 0.220 e. The molecule has 0 atom stereocenters. The third-order valence-electron chi connectivity index (χ3n) is 2.58. The number of nitrogens with one attached hydrogen (secondary N) is 1. The number of ether oxygens (including phenoxy) is 1. The SMILES string of the molecule is CCOc1ccc(CCC(=O)NCCCN)cc1.Cl. The molecule has 0 spiro atoms. The van der Waals surface area contributed by atoms with Crippen LogP contribution in [-0.2, 0) is 11.2 Å². The van der Waals surface area contributed by atoms with Crippen molar-refractivity contribution in [1.82, 2.24) is 5.32 Å². The van der Waals surface area contributed by atoms with Crippen molar-refractivity contribution in [3.8, 4) is 5.75 Å². The van der Waals surface area contributed by atoms with E-state index in [1.54, 1.807) is 0 Å². The second kappa shape index (κ2) is 10.6. The van der Waals surface area contributed by atoms with Crippen molar-refractivity contribution in [2.24, 2.45) is 5.73 Å². The average molecular weight is 287 g/mol. The summed E-state index contributed by atoms with van der Waals surface area (Å²) < 4.78 is 5.36. The van der Waals surface area contributed by atoms with Gasteiger partial charge in [0.25, 0.3) is 0 Å². The Morgan fingerprint density at radius 2 is 2.00 bits per heavy atom.